The van der Waals surface area contributed by atoms with Crippen molar-refractivity contribution in [3.63, 3.8) is 0 Å². The van der Waals surface area contributed by atoms with E-state index in [1.165, 1.54) is 0 Å². The van der Waals surface area contributed by atoms with Gasteiger partial charge in [0, 0.05) is 32.7 Å². The maximum atomic E-state index is 10.0. The summed E-state index contributed by atoms with van der Waals surface area (Å²) in [4.78, 5) is 0. The van der Waals surface area contributed by atoms with E-state index in [9.17, 15) is 34.3 Å². The topological polar surface area (TPSA) is 26.3 Å². The first-order chi connectivity index (χ1) is 75.6. The molecular formula is C100H60O2. The van der Waals surface area contributed by atoms with Gasteiger partial charge in [-0.2, -0.15) is 0 Å². The minimum atomic E-state index is -1.08. The fourth-order valence-electron chi connectivity index (χ4n) is 12.7. The molecule has 0 unspecified atom stereocenters. The van der Waals surface area contributed by atoms with Crippen molar-refractivity contribution in [1.29, 1.82) is 0 Å². The highest BCUT2D eigenvalue weighted by atomic mass is 16.3. The lowest BCUT2D eigenvalue weighted by Gasteiger charge is -2.19. The lowest BCUT2D eigenvalue weighted by Crippen LogP contribution is -1.91. The van der Waals surface area contributed by atoms with Gasteiger partial charge in [-0.05, 0) is 206 Å². The SMILES string of the molecule is [2H]c1c([2H])c([2H])c2c(oc3c([2H])c([2H])c4c([2H])c([2H])c([2H])c([2H])c4c32)c1-c1c([2H])c([2H])c2c([2H])c([2H])c(-c3c4c([2H])c([2H])c([2H])c([2H])c4c(-c4c([2H])c([2H])c([2H])c5c([2H])c([2H])c([2H])c([2H])c45)c4c([2H])c([2H])c([2H])c([2H])c34)c([2H])c2c1[2H].[2H]c1c([2H])c([2H])c2c(oc3c([2H])c([2H])c4c([2H])c([2H])c([2H])c([2H])c4c32)c1-c1c([2H])c([2H])c2c([2H])c([2H])c(-c3c4c([2H])c([2H])c([2H])c([2H])c4c(-c4c([2H])c([2H])c5c([2H])c([2H])c([2H])c([2H])c5c4[2H])c4c([2H])c([2H])c([2H])c([2H])c34)c([2H])c2c1[2H]. The molecule has 0 N–H and O–H groups in total. The van der Waals surface area contributed by atoms with Crippen LogP contribution in [0.3, 0.4) is 0 Å². The Balaban J connectivity index is 0.000000186. The summed E-state index contributed by atoms with van der Waals surface area (Å²) >= 11 is 0. The minimum absolute atomic E-state index is 0.382. The van der Waals surface area contributed by atoms with Gasteiger partial charge in [0.2, 0.25) is 0 Å². The van der Waals surface area contributed by atoms with Gasteiger partial charge in [-0.3, -0.25) is 0 Å². The van der Waals surface area contributed by atoms with Crippen LogP contribution in [0.4, 0.5) is 0 Å². The van der Waals surface area contributed by atoms with Crippen LogP contribution >= 0.6 is 0 Å². The summed E-state index contributed by atoms with van der Waals surface area (Å²) in [6, 6.07) is -55.9. The fraction of sp³-hybridized carbons (Fsp3) is 0. The van der Waals surface area contributed by atoms with Crippen LogP contribution in [0.25, 0.3) is 218 Å². The minimum Gasteiger partial charge on any atom is -0.455 e. The molecule has 22 rings (SSSR count). The summed E-state index contributed by atoms with van der Waals surface area (Å²) in [5.41, 5.74) is -11.9. The molecule has 0 saturated carbocycles. The molecule has 472 valence electrons. The van der Waals surface area contributed by atoms with Crippen molar-refractivity contribution in [2.24, 2.45) is 0 Å². The standard InChI is InChI=1S/2C50H30O/c1-3-14-37-32(11-1)13-9-21-40(37)48-43-18-7-5-16-41(43)47(42-17-6-8-19-44(42)48)35-26-24-31-23-25-34(29-36(31)30-35)39-20-10-22-45-49-38-15-4-2-12-33(38)27-28-46(49)51-50(39)45;1-2-12-34-28-36(24-21-31(34)10-1)47-41-14-5-7-16-43(41)48(44-17-8-6-15-42(44)47)37-25-22-32-20-23-35(29-38(32)30-37)40-18-9-19-45-49-39-13-4-3-11-33(39)26-27-46(49)51-50(40)45/h2*1-30H/i2*1D,2D,3D,4D,5D,6D,7D,8D,9D,10D,11D,12D,13D,14D,15D,16D,17D,18D,19D,20D,21D,22D,23D,24D,25D,26D,27D,28D,29D,30D. The molecule has 0 aliphatic heterocycles. The van der Waals surface area contributed by atoms with E-state index in [1.807, 2.05) is 0 Å². The highest BCUT2D eigenvalue weighted by molar-refractivity contribution is 6.27. The first kappa shape index (κ1) is 23.9. The summed E-state index contributed by atoms with van der Waals surface area (Å²) < 4.78 is 557. The molecule has 2 nitrogen and oxygen atoms in total. The van der Waals surface area contributed by atoms with Gasteiger partial charge in [-0.15, -0.1) is 0 Å². The number of furan rings is 2. The summed E-state index contributed by atoms with van der Waals surface area (Å²) in [6.07, 6.45) is 0. The predicted octanol–water partition coefficient (Wildman–Crippen LogP) is 28.7. The van der Waals surface area contributed by atoms with E-state index in [1.54, 1.807) is 0 Å². The van der Waals surface area contributed by atoms with Gasteiger partial charge in [-0.25, -0.2) is 0 Å². The van der Waals surface area contributed by atoms with Gasteiger partial charge in [0.15, 0.2) is 0 Å². The van der Waals surface area contributed by atoms with Crippen LogP contribution in [-0.2, 0) is 0 Å². The quantitative estimate of drug-likeness (QED) is 0.155. The maximum absolute atomic E-state index is 10.0. The van der Waals surface area contributed by atoms with E-state index < -0.39 is 570 Å². The van der Waals surface area contributed by atoms with E-state index in [-0.39, 0.29) is 10.8 Å². The molecule has 0 amide bonds. The lowest BCUT2D eigenvalue weighted by molar-refractivity contribution is 0.670. The summed E-state index contributed by atoms with van der Waals surface area (Å²) in [5, 5.41) is -15.4. The maximum Gasteiger partial charge on any atom is 0.143 e. The molecule has 22 aromatic rings. The molecule has 2 aromatic heterocycles. The Kier molecular flexibility index (Phi) is 5.42. The molecule has 0 saturated heterocycles. The Morgan fingerprint density at radius 3 is 0.853 bits per heavy atom. The van der Waals surface area contributed by atoms with Gasteiger partial charge in [0.25, 0.3) is 0 Å². The lowest BCUT2D eigenvalue weighted by atomic mass is 9.84. The fourth-order valence-corrected chi connectivity index (χ4v) is 12.7. The molecular weight excluding hydrogens is 1230 g/mol. The predicted molar refractivity (Wildman–Crippen MR) is 435 cm³/mol. The van der Waals surface area contributed by atoms with Crippen LogP contribution in [0, 0.1) is 0 Å². The molecule has 0 radical (unpaired) electrons. The second-order valence-corrected chi connectivity index (χ2v) is 22.5. The normalized spacial score (nSPS) is 20.2. The van der Waals surface area contributed by atoms with Crippen LogP contribution in [0.5, 0.6) is 0 Å². The Labute approximate surface area is 671 Å². The van der Waals surface area contributed by atoms with Crippen LogP contribution in [0.2, 0.25) is 0 Å². The molecule has 102 heavy (non-hydrogen) atoms. The highest BCUT2D eigenvalue weighted by Gasteiger charge is 2.22. The van der Waals surface area contributed by atoms with Gasteiger partial charge in [0.1, 0.15) is 22.3 Å². The van der Waals surface area contributed by atoms with Crippen molar-refractivity contribution >= 4 is 152 Å². The Hall–Kier alpha value is -13.4. The molecule has 0 atom stereocenters. The number of para-hydroxylation sites is 2. The Morgan fingerprint density at radius 1 is 0.167 bits per heavy atom. The van der Waals surface area contributed by atoms with Gasteiger partial charge >= 0.3 is 0 Å². The molecule has 0 aliphatic rings. The third-order valence-electron chi connectivity index (χ3n) is 17.1. The second kappa shape index (κ2) is 23.1. The van der Waals surface area contributed by atoms with Gasteiger partial charge in [0.05, 0.1) is 82.2 Å². The first-order valence-electron chi connectivity index (χ1n) is 60.3. The van der Waals surface area contributed by atoms with Gasteiger partial charge in [-0.1, -0.05) is 320 Å². The summed E-state index contributed by atoms with van der Waals surface area (Å²) in [7, 11) is 0. The molecule has 0 bridgehead atoms. The Morgan fingerprint density at radius 2 is 0.431 bits per heavy atom. The van der Waals surface area contributed by atoms with Crippen LogP contribution < -0.4 is 0 Å². The molecule has 0 fully saturated rings. The molecule has 0 aliphatic carbocycles. The van der Waals surface area contributed by atoms with E-state index in [4.69, 9.17) is 56.8 Å². The third-order valence-corrected chi connectivity index (χ3v) is 17.1. The Bertz CT molecular complexity index is 10900. The van der Waals surface area contributed by atoms with E-state index in [0.29, 0.717) is 0 Å². The summed E-state index contributed by atoms with van der Waals surface area (Å²) in [6.45, 7) is 0. The van der Waals surface area contributed by atoms with Gasteiger partial charge < -0.3 is 8.83 Å². The largest absolute Gasteiger partial charge is 0.455 e. The zero-order valence-electron chi connectivity index (χ0n) is 111. The first-order valence-corrected chi connectivity index (χ1v) is 30.3. The highest BCUT2D eigenvalue weighted by Crippen LogP contribution is 2.49. The molecule has 20 aromatic carbocycles. The van der Waals surface area contributed by atoms with Crippen LogP contribution in [0.15, 0.2) is 371 Å². The zero-order valence-corrected chi connectivity index (χ0v) is 50.8. The van der Waals surface area contributed by atoms with E-state index in [0.717, 1.165) is 0 Å². The number of benzene rings is 20. The molecule has 2 heteroatoms. The second-order valence-electron chi connectivity index (χ2n) is 22.5. The van der Waals surface area contributed by atoms with Crippen LogP contribution in [-0.4, -0.2) is 0 Å². The third kappa shape index (κ3) is 9.13. The molecule has 2 heterocycles. The number of hydrogen-bond acceptors (Lipinski definition) is 2. The van der Waals surface area contributed by atoms with Crippen molar-refractivity contribution in [3.05, 3.63) is 363 Å². The number of rotatable bonds is 6. The summed E-state index contributed by atoms with van der Waals surface area (Å²) in [5.74, 6) is 0. The van der Waals surface area contributed by atoms with Crippen molar-refractivity contribution < 1.29 is 91.1 Å². The van der Waals surface area contributed by atoms with Crippen molar-refractivity contribution in [2.45, 2.75) is 0 Å². The monoisotopic (exact) mass is 1350 g/mol. The average Bonchev–Trinajstić information content (AvgIpc) is 0.969. The smallest absolute Gasteiger partial charge is 0.143 e. The number of hydrogen-bond donors (Lipinski definition) is 0. The zero-order chi connectivity index (χ0) is 119. The van der Waals surface area contributed by atoms with E-state index in [2.05, 4.69) is 0 Å². The van der Waals surface area contributed by atoms with Crippen molar-refractivity contribution in [3.8, 4) is 66.8 Å². The number of fused-ring (bicyclic) bond motifs is 18. The van der Waals surface area contributed by atoms with Crippen molar-refractivity contribution in [1.82, 2.24) is 0 Å². The van der Waals surface area contributed by atoms with Crippen molar-refractivity contribution in [2.75, 3.05) is 0 Å². The average molecular weight is 1350 g/mol. The van der Waals surface area contributed by atoms with Crippen LogP contribution in [0.1, 0.15) is 82.2 Å². The van der Waals surface area contributed by atoms with E-state index >= 15 is 0 Å². The molecule has 0 spiro atoms.